The highest BCUT2D eigenvalue weighted by Crippen LogP contribution is 2.32. The van der Waals surface area contributed by atoms with Crippen molar-refractivity contribution < 1.29 is 18.4 Å². The van der Waals surface area contributed by atoms with Crippen molar-refractivity contribution in [3.05, 3.63) is 77.2 Å². The van der Waals surface area contributed by atoms with Crippen LogP contribution < -0.4 is 10.2 Å². The molecule has 2 amide bonds. The fourth-order valence-electron chi connectivity index (χ4n) is 3.75. The van der Waals surface area contributed by atoms with Gasteiger partial charge in [-0.05, 0) is 41.7 Å². The largest absolute Gasteiger partial charge is 0.339 e. The maximum absolute atomic E-state index is 14.4. The first kappa shape index (κ1) is 20.6. The third-order valence-electron chi connectivity index (χ3n) is 5.38. The van der Waals surface area contributed by atoms with Crippen LogP contribution in [-0.2, 0) is 11.3 Å². The third-order valence-corrected chi connectivity index (χ3v) is 5.38. The number of nitrogens with one attached hydrogen (secondary N) is 1. The predicted molar refractivity (Wildman–Crippen MR) is 110 cm³/mol. The number of anilines is 1. The molecule has 0 saturated carbocycles. The summed E-state index contributed by atoms with van der Waals surface area (Å²) in [6.07, 6.45) is 3.06. The molecule has 1 aliphatic rings. The zero-order valence-electron chi connectivity index (χ0n) is 17.0. The van der Waals surface area contributed by atoms with Crippen molar-refractivity contribution in [1.29, 1.82) is 0 Å². The van der Waals surface area contributed by atoms with E-state index in [0.717, 1.165) is 11.8 Å². The van der Waals surface area contributed by atoms with Crippen molar-refractivity contribution in [2.75, 3.05) is 11.9 Å². The van der Waals surface area contributed by atoms with Gasteiger partial charge >= 0.3 is 0 Å². The second-order valence-electron chi connectivity index (χ2n) is 7.63. The van der Waals surface area contributed by atoms with Crippen molar-refractivity contribution in [3.8, 4) is 0 Å². The molecule has 2 aromatic heterocycles. The van der Waals surface area contributed by atoms with Crippen LogP contribution in [0.2, 0.25) is 0 Å². The number of pyridine rings is 1. The Balaban J connectivity index is 1.51. The van der Waals surface area contributed by atoms with Crippen molar-refractivity contribution in [1.82, 2.24) is 20.1 Å². The Morgan fingerprint density at radius 1 is 1.23 bits per heavy atom. The molecule has 0 saturated heterocycles. The van der Waals surface area contributed by atoms with Crippen LogP contribution in [0.3, 0.4) is 0 Å². The number of hydrogen-bond acceptors (Lipinski definition) is 4. The number of benzene rings is 1. The molecule has 0 radical (unpaired) electrons. The quantitative estimate of drug-likeness (QED) is 0.697. The molecule has 3 aromatic rings. The molecule has 0 fully saturated rings. The highest BCUT2D eigenvalue weighted by molar-refractivity contribution is 6.02. The number of fused-ring (bicyclic) bond motifs is 1. The van der Waals surface area contributed by atoms with Crippen LogP contribution >= 0.6 is 0 Å². The molecule has 0 bridgehead atoms. The second-order valence-corrected chi connectivity index (χ2v) is 7.63. The van der Waals surface area contributed by atoms with Gasteiger partial charge in [0.2, 0.25) is 5.91 Å². The van der Waals surface area contributed by atoms with Gasteiger partial charge in [0.15, 0.2) is 11.5 Å². The minimum Gasteiger partial charge on any atom is -0.339 e. The Labute approximate surface area is 177 Å². The van der Waals surface area contributed by atoms with Crippen LogP contribution in [0, 0.1) is 11.6 Å². The molecule has 1 aromatic carbocycles. The normalized spacial score (nSPS) is 18.5. The Morgan fingerprint density at radius 2 is 1.97 bits per heavy atom. The lowest BCUT2D eigenvalue weighted by Gasteiger charge is -2.21. The zero-order chi connectivity index (χ0) is 22.1. The van der Waals surface area contributed by atoms with E-state index in [-0.39, 0.29) is 24.2 Å². The van der Waals surface area contributed by atoms with Crippen LogP contribution in [0.4, 0.5) is 14.6 Å². The van der Waals surface area contributed by atoms with Crippen molar-refractivity contribution in [2.45, 2.75) is 31.8 Å². The average molecular weight is 425 g/mol. The molecule has 2 atom stereocenters. The van der Waals surface area contributed by atoms with E-state index >= 15 is 0 Å². The molecule has 0 spiro atoms. The molecule has 1 aliphatic heterocycles. The second kappa shape index (κ2) is 8.25. The van der Waals surface area contributed by atoms with Gasteiger partial charge in [-0.1, -0.05) is 25.1 Å². The summed E-state index contributed by atoms with van der Waals surface area (Å²) in [5.74, 6) is -1.76. The van der Waals surface area contributed by atoms with E-state index in [4.69, 9.17) is 0 Å². The van der Waals surface area contributed by atoms with Gasteiger partial charge in [0, 0.05) is 13.2 Å². The summed E-state index contributed by atoms with van der Waals surface area (Å²) >= 11 is 0. The lowest BCUT2D eigenvalue weighted by Crippen LogP contribution is -2.47. The van der Waals surface area contributed by atoms with Gasteiger partial charge in [-0.2, -0.15) is 5.10 Å². The zero-order valence-corrected chi connectivity index (χ0v) is 17.0. The maximum Gasteiger partial charge on any atom is 0.275 e. The number of rotatable bonds is 4. The van der Waals surface area contributed by atoms with Gasteiger partial charge < -0.3 is 5.32 Å². The first-order valence-corrected chi connectivity index (χ1v) is 9.84. The first-order chi connectivity index (χ1) is 14.8. The highest BCUT2D eigenvalue weighted by atomic mass is 19.1. The summed E-state index contributed by atoms with van der Waals surface area (Å²) in [7, 11) is 1.60. The molecule has 9 heteroatoms. The number of hydrogen-bond donors (Lipinski definition) is 1. The SMILES string of the molecule is C[C@H]1C[C@@H](NC(=O)c2nn(Cc3ccc(F)cc3)cc2F)C(=O)N(C)c2ncccc21. The standard InChI is InChI=1S/C22H21F2N5O2/c1-13-10-18(22(31)28(2)20-16(13)4-3-9-25-20)26-21(30)19-17(24)12-29(27-19)11-14-5-7-15(23)8-6-14/h3-9,12-13,18H,10-11H2,1-2H3,(H,26,30)/t13-,18+/m0/s1. The van der Waals surface area contributed by atoms with Crippen LogP contribution in [0.15, 0.2) is 48.8 Å². The molecule has 160 valence electrons. The molecule has 7 nitrogen and oxygen atoms in total. The number of nitrogens with zero attached hydrogens (tertiary/aromatic N) is 4. The third kappa shape index (κ3) is 4.16. The topological polar surface area (TPSA) is 80.1 Å². The van der Waals surface area contributed by atoms with Crippen LogP contribution in [-0.4, -0.2) is 39.7 Å². The average Bonchev–Trinajstić information content (AvgIpc) is 3.10. The molecular weight excluding hydrogens is 404 g/mol. The summed E-state index contributed by atoms with van der Waals surface area (Å²) < 4.78 is 28.7. The van der Waals surface area contributed by atoms with Crippen LogP contribution in [0.1, 0.15) is 40.9 Å². The van der Waals surface area contributed by atoms with Crippen molar-refractivity contribution >= 4 is 17.6 Å². The smallest absolute Gasteiger partial charge is 0.275 e. The summed E-state index contributed by atoms with van der Waals surface area (Å²) in [5.41, 5.74) is 1.21. The molecule has 0 aliphatic carbocycles. The molecular formula is C22H21F2N5O2. The van der Waals surface area contributed by atoms with E-state index in [2.05, 4.69) is 15.4 Å². The van der Waals surface area contributed by atoms with Gasteiger partial charge in [-0.25, -0.2) is 13.8 Å². The summed E-state index contributed by atoms with van der Waals surface area (Å²) in [6, 6.07) is 8.57. The fourth-order valence-corrected chi connectivity index (χ4v) is 3.75. The van der Waals surface area contributed by atoms with Gasteiger partial charge in [-0.15, -0.1) is 0 Å². The predicted octanol–water partition coefficient (Wildman–Crippen LogP) is 2.87. The van der Waals surface area contributed by atoms with Crippen molar-refractivity contribution in [2.24, 2.45) is 0 Å². The van der Waals surface area contributed by atoms with E-state index in [1.165, 1.54) is 21.7 Å². The maximum atomic E-state index is 14.4. The Kier molecular flexibility index (Phi) is 5.50. The Morgan fingerprint density at radius 3 is 2.71 bits per heavy atom. The lowest BCUT2D eigenvalue weighted by molar-refractivity contribution is -0.120. The number of aromatic nitrogens is 3. The molecule has 31 heavy (non-hydrogen) atoms. The molecule has 4 rings (SSSR count). The minimum absolute atomic E-state index is 0.0382. The van der Waals surface area contributed by atoms with E-state index in [9.17, 15) is 18.4 Å². The summed E-state index contributed by atoms with van der Waals surface area (Å²) in [5, 5.41) is 6.64. The van der Waals surface area contributed by atoms with Gasteiger partial charge in [-0.3, -0.25) is 19.2 Å². The van der Waals surface area contributed by atoms with Crippen molar-refractivity contribution in [3.63, 3.8) is 0 Å². The van der Waals surface area contributed by atoms with Gasteiger partial charge in [0.25, 0.3) is 5.91 Å². The fraction of sp³-hybridized carbons (Fsp3) is 0.273. The van der Waals surface area contributed by atoms with Crippen LogP contribution in [0.25, 0.3) is 0 Å². The highest BCUT2D eigenvalue weighted by Gasteiger charge is 2.34. The minimum atomic E-state index is -0.844. The summed E-state index contributed by atoms with van der Waals surface area (Å²) in [6.45, 7) is 2.12. The Bertz CT molecular complexity index is 1130. The van der Waals surface area contributed by atoms with E-state index < -0.39 is 23.5 Å². The summed E-state index contributed by atoms with van der Waals surface area (Å²) in [4.78, 5) is 31.3. The van der Waals surface area contributed by atoms with E-state index in [1.807, 2.05) is 13.0 Å². The lowest BCUT2D eigenvalue weighted by atomic mass is 9.95. The number of carbonyl (C=O) groups excluding carboxylic acids is 2. The van der Waals surface area contributed by atoms with Gasteiger partial charge in [0.1, 0.15) is 17.7 Å². The number of likely N-dealkylation sites (N-methyl/N-ethyl adjacent to an activating group) is 1. The molecule has 0 unspecified atom stereocenters. The van der Waals surface area contributed by atoms with Gasteiger partial charge in [0.05, 0.1) is 12.7 Å². The number of halogens is 2. The Hall–Kier alpha value is -3.62. The number of amides is 2. The van der Waals surface area contributed by atoms with Crippen LogP contribution in [0.5, 0.6) is 0 Å². The monoisotopic (exact) mass is 425 g/mol. The van der Waals surface area contributed by atoms with E-state index in [1.54, 1.807) is 31.4 Å². The number of carbonyl (C=O) groups is 2. The molecule has 3 heterocycles. The molecule has 1 N–H and O–H groups in total. The first-order valence-electron chi connectivity index (χ1n) is 9.84. The van der Waals surface area contributed by atoms with E-state index in [0.29, 0.717) is 17.8 Å².